The molecule has 0 saturated heterocycles. The molecule has 180 valence electrons. The number of carbonyl (C=O) groups excluding carboxylic acids is 1. The van der Waals surface area contributed by atoms with Crippen molar-refractivity contribution in [1.82, 2.24) is 14.9 Å². The first-order chi connectivity index (χ1) is 16.8. The van der Waals surface area contributed by atoms with Crippen LogP contribution in [-0.2, 0) is 16.4 Å². The fraction of sp³-hybridized carbons (Fsp3) is 0.192. The number of hydrogen-bond acceptors (Lipinski definition) is 8. The summed E-state index contributed by atoms with van der Waals surface area (Å²) >= 11 is 0. The number of ketones is 1. The number of carbonyl (C=O) groups is 1. The lowest BCUT2D eigenvalue weighted by molar-refractivity contribution is 0.103. The van der Waals surface area contributed by atoms with Gasteiger partial charge in [0.25, 0.3) is 0 Å². The molecule has 0 amide bonds. The van der Waals surface area contributed by atoms with Crippen LogP contribution in [0.25, 0.3) is 5.57 Å². The van der Waals surface area contributed by atoms with Crippen LogP contribution in [0.1, 0.15) is 27.3 Å². The maximum Gasteiger partial charge on any atom is 0.248 e. The molecule has 4 rings (SSSR count). The second-order valence-corrected chi connectivity index (χ2v) is 9.90. The summed E-state index contributed by atoms with van der Waals surface area (Å²) in [4.78, 5) is 23.4. The topological polar surface area (TPSA) is 98.7 Å². The van der Waals surface area contributed by atoms with Gasteiger partial charge in [-0.1, -0.05) is 48.6 Å². The van der Waals surface area contributed by atoms with Gasteiger partial charge in [0.15, 0.2) is 11.5 Å². The van der Waals surface area contributed by atoms with Crippen LogP contribution < -0.4 is 9.47 Å². The van der Waals surface area contributed by atoms with Gasteiger partial charge in [0, 0.05) is 36.7 Å². The average Bonchev–Trinajstić information content (AvgIpc) is 2.88. The maximum atomic E-state index is 13.0. The predicted molar refractivity (Wildman–Crippen MR) is 132 cm³/mol. The molecule has 0 fully saturated rings. The van der Waals surface area contributed by atoms with Crippen LogP contribution in [0.4, 0.5) is 0 Å². The van der Waals surface area contributed by atoms with Gasteiger partial charge in [-0.05, 0) is 23.8 Å². The largest absolute Gasteiger partial charge is 0.493 e. The zero-order valence-corrected chi connectivity index (χ0v) is 20.5. The van der Waals surface area contributed by atoms with E-state index in [9.17, 15) is 13.2 Å². The lowest BCUT2D eigenvalue weighted by Crippen LogP contribution is -2.20. The first-order valence-corrected chi connectivity index (χ1v) is 12.7. The Morgan fingerprint density at radius 1 is 1.00 bits per heavy atom. The Morgan fingerprint density at radius 3 is 2.43 bits per heavy atom. The van der Waals surface area contributed by atoms with Crippen LogP contribution >= 0.6 is 0 Å². The molecule has 2 heterocycles. The molecule has 1 aliphatic rings. The number of nitrogens with zero attached hydrogens (tertiary/aromatic N) is 3. The molecule has 0 saturated carbocycles. The fourth-order valence-electron chi connectivity index (χ4n) is 3.68. The molecule has 0 N–H and O–H groups in total. The van der Waals surface area contributed by atoms with E-state index in [0.29, 0.717) is 41.4 Å². The van der Waals surface area contributed by atoms with Crippen molar-refractivity contribution in [2.75, 3.05) is 27.0 Å². The van der Waals surface area contributed by atoms with E-state index in [2.05, 4.69) is 14.9 Å². The molecule has 35 heavy (non-hydrogen) atoms. The summed E-state index contributed by atoms with van der Waals surface area (Å²) in [5, 5.41) is -0.388. The second-order valence-electron chi connectivity index (χ2n) is 7.99. The lowest BCUT2D eigenvalue weighted by atomic mass is 10.0. The van der Waals surface area contributed by atoms with Gasteiger partial charge in [0.05, 0.1) is 19.9 Å². The van der Waals surface area contributed by atoms with Crippen molar-refractivity contribution < 1.29 is 22.7 Å². The number of benzene rings is 2. The van der Waals surface area contributed by atoms with Gasteiger partial charge in [-0.3, -0.25) is 4.79 Å². The Hall–Kier alpha value is -3.98. The molecule has 8 nitrogen and oxygen atoms in total. The van der Waals surface area contributed by atoms with Crippen LogP contribution in [0.15, 0.2) is 78.1 Å². The van der Waals surface area contributed by atoms with E-state index in [4.69, 9.17) is 9.47 Å². The molecule has 0 aliphatic carbocycles. The van der Waals surface area contributed by atoms with Gasteiger partial charge in [-0.15, -0.1) is 0 Å². The molecular weight excluding hydrogens is 466 g/mol. The molecule has 0 bridgehead atoms. The number of ether oxygens (including phenoxy) is 2. The van der Waals surface area contributed by atoms with E-state index in [1.807, 2.05) is 36.6 Å². The Labute approximate surface area is 204 Å². The Balaban J connectivity index is 1.69. The third-order valence-electron chi connectivity index (χ3n) is 5.39. The van der Waals surface area contributed by atoms with E-state index >= 15 is 0 Å². The highest BCUT2D eigenvalue weighted by molar-refractivity contribution is 7.90. The van der Waals surface area contributed by atoms with Gasteiger partial charge in [0.1, 0.15) is 5.69 Å². The van der Waals surface area contributed by atoms with E-state index in [1.54, 1.807) is 44.6 Å². The number of allylic oxidation sites excluding steroid dienone is 2. The van der Waals surface area contributed by atoms with Crippen LogP contribution in [0, 0.1) is 0 Å². The third-order valence-corrected chi connectivity index (χ3v) is 6.24. The highest BCUT2D eigenvalue weighted by Gasteiger charge is 2.21. The third kappa shape index (κ3) is 5.58. The first kappa shape index (κ1) is 24.2. The first-order valence-electron chi connectivity index (χ1n) is 10.8. The van der Waals surface area contributed by atoms with Crippen molar-refractivity contribution in [2.45, 2.75) is 11.7 Å². The van der Waals surface area contributed by atoms with Crippen LogP contribution in [0.2, 0.25) is 0 Å². The Kier molecular flexibility index (Phi) is 6.97. The number of sulfone groups is 1. The van der Waals surface area contributed by atoms with Crippen LogP contribution in [0.5, 0.6) is 11.5 Å². The zero-order chi connectivity index (χ0) is 25.0. The minimum absolute atomic E-state index is 0.0212. The van der Waals surface area contributed by atoms with E-state index in [0.717, 1.165) is 11.8 Å². The summed E-state index contributed by atoms with van der Waals surface area (Å²) in [6.07, 6.45) is 6.73. The monoisotopic (exact) mass is 491 g/mol. The van der Waals surface area contributed by atoms with E-state index in [-0.39, 0.29) is 16.6 Å². The van der Waals surface area contributed by atoms with Crippen molar-refractivity contribution in [3.05, 3.63) is 95.5 Å². The molecule has 3 aromatic rings. The summed E-state index contributed by atoms with van der Waals surface area (Å²) < 4.78 is 35.3. The van der Waals surface area contributed by atoms with Gasteiger partial charge in [-0.25, -0.2) is 18.4 Å². The Bertz CT molecular complexity index is 1420. The molecule has 0 spiro atoms. The molecule has 1 aromatic heterocycles. The summed E-state index contributed by atoms with van der Waals surface area (Å²) in [5.74, 6) is 0.914. The summed E-state index contributed by atoms with van der Waals surface area (Å²) in [6, 6.07) is 15.8. The second kappa shape index (κ2) is 10.1. The van der Waals surface area contributed by atoms with Crippen molar-refractivity contribution in [3.8, 4) is 11.5 Å². The standard InChI is InChI=1S/C26H25N3O5S/c1-33-23-12-11-18(14-24(23)34-2)16-29-13-7-10-20(17-29)21-15-22(28-26(27-21)35(3,31)32)25(30)19-8-5-4-6-9-19/h4-12,14-15,17H,13,16H2,1-3H3. The van der Waals surface area contributed by atoms with Crippen LogP contribution in [0.3, 0.4) is 0 Å². The molecule has 0 atom stereocenters. The quantitative estimate of drug-likeness (QED) is 0.349. The molecular formula is C26H25N3O5S. The van der Waals surface area contributed by atoms with Gasteiger partial charge in [0.2, 0.25) is 20.8 Å². The average molecular weight is 492 g/mol. The van der Waals surface area contributed by atoms with Gasteiger partial charge in [-0.2, -0.15) is 0 Å². The van der Waals surface area contributed by atoms with Gasteiger partial charge >= 0.3 is 0 Å². The van der Waals surface area contributed by atoms with Gasteiger partial charge < -0.3 is 14.4 Å². The normalized spacial score (nSPS) is 13.3. The smallest absolute Gasteiger partial charge is 0.248 e. The highest BCUT2D eigenvalue weighted by Crippen LogP contribution is 2.29. The number of hydrogen-bond donors (Lipinski definition) is 0. The number of rotatable bonds is 8. The van der Waals surface area contributed by atoms with E-state index in [1.165, 1.54) is 6.07 Å². The summed E-state index contributed by atoms with van der Waals surface area (Å²) in [6.45, 7) is 1.23. The van der Waals surface area contributed by atoms with E-state index < -0.39 is 9.84 Å². The molecule has 0 radical (unpaired) electrons. The van der Waals surface area contributed by atoms with Crippen molar-refractivity contribution in [1.29, 1.82) is 0 Å². The minimum Gasteiger partial charge on any atom is -0.493 e. The zero-order valence-electron chi connectivity index (χ0n) is 19.6. The van der Waals surface area contributed by atoms with Crippen molar-refractivity contribution in [2.24, 2.45) is 0 Å². The SMILES string of the molecule is COc1ccc(CN2C=C(c3cc(C(=O)c4ccccc4)nc(S(C)(=O)=O)n3)C=CC2)cc1OC. The molecule has 2 aromatic carbocycles. The molecule has 0 unspecified atom stereocenters. The maximum absolute atomic E-state index is 13.0. The minimum atomic E-state index is -3.74. The predicted octanol–water partition coefficient (Wildman–Crippen LogP) is 3.54. The lowest BCUT2D eigenvalue weighted by Gasteiger charge is -2.24. The number of aromatic nitrogens is 2. The van der Waals surface area contributed by atoms with Crippen LogP contribution in [-0.4, -0.2) is 56.1 Å². The summed E-state index contributed by atoms with van der Waals surface area (Å²) in [7, 11) is -0.566. The highest BCUT2D eigenvalue weighted by atomic mass is 32.2. The fourth-order valence-corrected chi connectivity index (χ4v) is 4.20. The summed E-state index contributed by atoms with van der Waals surface area (Å²) in [5.41, 5.74) is 2.47. The molecule has 1 aliphatic heterocycles. The number of methoxy groups -OCH3 is 2. The Morgan fingerprint density at radius 2 is 1.74 bits per heavy atom. The molecule has 9 heteroatoms. The van der Waals surface area contributed by atoms with Crippen molar-refractivity contribution in [3.63, 3.8) is 0 Å². The van der Waals surface area contributed by atoms with Crippen molar-refractivity contribution >= 4 is 21.2 Å².